The molecule has 3 aromatic heterocycles. The van der Waals surface area contributed by atoms with Crippen LogP contribution in [-0.2, 0) is 0 Å². The van der Waals surface area contributed by atoms with Gasteiger partial charge in [0.15, 0.2) is 0 Å². The van der Waals surface area contributed by atoms with Crippen molar-refractivity contribution in [1.82, 2.24) is 29.9 Å². The molecule has 6 heteroatoms. The summed E-state index contributed by atoms with van der Waals surface area (Å²) in [7, 11) is 0. The first kappa shape index (κ1) is 58.7. The summed E-state index contributed by atoms with van der Waals surface area (Å²) in [6.07, 6.45) is 32.7. The van der Waals surface area contributed by atoms with Crippen LogP contribution in [0.1, 0.15) is 268 Å². The van der Waals surface area contributed by atoms with E-state index in [1.54, 1.807) is 0 Å². The molecule has 0 amide bonds. The molecule has 0 atom stereocenters. The Hall–Kier alpha value is -6.96. The number of rotatable bonds is 24. The lowest BCUT2D eigenvalue weighted by Gasteiger charge is -2.13. The van der Waals surface area contributed by atoms with Crippen molar-refractivity contribution < 1.29 is 0 Å². The Morgan fingerprint density at radius 2 is 0.359 bits per heavy atom. The first-order chi connectivity index (χ1) is 38.5. The van der Waals surface area contributed by atoms with Crippen LogP contribution in [0.4, 0.5) is 0 Å². The zero-order chi connectivity index (χ0) is 54.6. The molecule has 6 nitrogen and oxygen atoms in total. The number of benzene rings is 4. The first-order valence-electron chi connectivity index (χ1n) is 30.5. The monoisotopic (exact) mass is 1030 g/mol. The average Bonchev–Trinajstić information content (AvgIpc) is 3.22. The number of aromatic nitrogens is 6. The molecule has 0 aliphatic heterocycles. The zero-order valence-corrected chi connectivity index (χ0v) is 48.4. The van der Waals surface area contributed by atoms with Gasteiger partial charge in [0.05, 0.1) is 33.4 Å². The Morgan fingerprint density at radius 1 is 0.205 bits per heavy atom. The molecule has 0 unspecified atom stereocenters. The highest BCUT2D eigenvalue weighted by atomic mass is 14.9. The van der Waals surface area contributed by atoms with Crippen molar-refractivity contribution in [2.24, 2.45) is 0 Å². The maximum atomic E-state index is 5.62. The van der Waals surface area contributed by atoms with Crippen LogP contribution in [0, 0.1) is 71.0 Å². The normalized spacial score (nSPS) is 10.8. The maximum Gasteiger partial charge on any atom is 0.120 e. The fraction of sp³-hybridized carbons (Fsp3) is 0.500. The van der Waals surface area contributed by atoms with E-state index in [1.807, 2.05) is 0 Å². The topological polar surface area (TPSA) is 77.3 Å². The van der Waals surface area contributed by atoms with Crippen LogP contribution >= 0.6 is 0 Å². The van der Waals surface area contributed by atoms with Crippen LogP contribution in [-0.4, -0.2) is 29.9 Å². The van der Waals surface area contributed by atoms with Gasteiger partial charge in [-0.25, -0.2) is 29.9 Å². The largest absolute Gasteiger partial charge is 0.241 e. The van der Waals surface area contributed by atoms with Gasteiger partial charge in [-0.15, -0.1) is 0 Å². The average molecular weight is 1030 g/mol. The molecule has 0 fully saturated rings. The highest BCUT2D eigenvalue weighted by Crippen LogP contribution is 2.36. The third-order valence-corrected chi connectivity index (χ3v) is 14.4. The van der Waals surface area contributed by atoms with E-state index in [0.29, 0.717) is 66.2 Å². The second kappa shape index (κ2) is 32.7. The van der Waals surface area contributed by atoms with Crippen LogP contribution in [0.2, 0.25) is 0 Å². The van der Waals surface area contributed by atoms with E-state index in [9.17, 15) is 0 Å². The Bertz CT molecular complexity index is 2910. The van der Waals surface area contributed by atoms with Crippen molar-refractivity contribution in [2.45, 2.75) is 234 Å². The summed E-state index contributed by atoms with van der Waals surface area (Å²) < 4.78 is 0. The van der Waals surface area contributed by atoms with E-state index in [4.69, 9.17) is 29.9 Å². The van der Waals surface area contributed by atoms with Crippen molar-refractivity contribution in [2.75, 3.05) is 0 Å². The molecule has 7 aromatic rings. The summed E-state index contributed by atoms with van der Waals surface area (Å²) in [5.74, 6) is 42.2. The molecule has 4 aromatic carbocycles. The summed E-state index contributed by atoms with van der Waals surface area (Å²) in [4.78, 5) is 33.7. The molecule has 0 bridgehead atoms. The quantitative estimate of drug-likeness (QED) is 0.0260. The first-order valence-corrected chi connectivity index (χ1v) is 30.5. The predicted molar refractivity (Wildman–Crippen MR) is 332 cm³/mol. The van der Waals surface area contributed by atoms with Crippen molar-refractivity contribution in [3.05, 3.63) is 69.8 Å². The Kier molecular flexibility index (Phi) is 24.6. The highest BCUT2D eigenvalue weighted by Gasteiger charge is 2.23. The highest BCUT2D eigenvalue weighted by molar-refractivity contribution is 6.21. The number of unbranched alkanes of at least 4 members (excludes halogenated alkanes) is 24. The third kappa shape index (κ3) is 16.3. The van der Waals surface area contributed by atoms with Gasteiger partial charge in [0.25, 0.3) is 0 Å². The van der Waals surface area contributed by atoms with Crippen LogP contribution in [0.15, 0.2) is 36.4 Å². The van der Waals surface area contributed by atoms with Gasteiger partial charge in [-0.2, -0.15) is 0 Å². The Morgan fingerprint density at radius 3 is 0.500 bits per heavy atom. The molecular formula is C72H84N6. The summed E-state index contributed by atoms with van der Waals surface area (Å²) >= 11 is 0. The predicted octanol–water partition coefficient (Wildman–Crippen LogP) is 18.9. The van der Waals surface area contributed by atoms with Gasteiger partial charge in [-0.1, -0.05) is 228 Å². The summed E-state index contributed by atoms with van der Waals surface area (Å²) in [6, 6.07) is 12.4. The van der Waals surface area contributed by atoms with Crippen LogP contribution in [0.3, 0.4) is 0 Å². The number of nitrogens with zero attached hydrogens (tertiary/aromatic N) is 6. The molecule has 0 saturated carbocycles. The standard InChI is InChI=1S/C72H84N6/c1-7-13-19-25-31-37-43-55-49-50-56(44-38-32-26-20-14-8-2)62-61(55)73-67-68(74-62)70-72(78-66-60(48-42-36-30-24-18-12-6)54-53-59(65(66)76-70)47-41-35-29-23-17-11-5)71-69(67)75-63-57(45-39-33-27-21-15-9-3)51-52-58(64(63)77-71)46-40-34-28-22-16-10-4/h49-54H,7-36H2,1-6H3. The second-order valence-electron chi connectivity index (χ2n) is 21.0. The third-order valence-electron chi connectivity index (χ3n) is 14.4. The van der Waals surface area contributed by atoms with Crippen LogP contribution < -0.4 is 0 Å². The molecule has 0 radical (unpaired) electrons. The molecule has 0 spiro atoms. The van der Waals surface area contributed by atoms with Crippen LogP contribution in [0.25, 0.3) is 66.2 Å². The summed E-state index contributed by atoms with van der Waals surface area (Å²) in [5.41, 5.74) is 12.6. The van der Waals surface area contributed by atoms with Crippen molar-refractivity contribution in [3.8, 4) is 71.0 Å². The van der Waals surface area contributed by atoms with Gasteiger partial charge < -0.3 is 0 Å². The van der Waals surface area contributed by atoms with Crippen LogP contribution in [0.5, 0.6) is 0 Å². The molecule has 3 heterocycles. The Balaban J connectivity index is 1.59. The maximum absolute atomic E-state index is 5.62. The molecule has 78 heavy (non-hydrogen) atoms. The fourth-order valence-corrected chi connectivity index (χ4v) is 9.79. The van der Waals surface area contributed by atoms with Crippen molar-refractivity contribution >= 4 is 66.2 Å². The molecular weight excluding hydrogens is 949 g/mol. The number of hydrogen-bond acceptors (Lipinski definition) is 6. The minimum atomic E-state index is 0.584. The lowest BCUT2D eigenvalue weighted by atomic mass is 10.0. The number of hydrogen-bond donors (Lipinski definition) is 0. The molecule has 0 N–H and O–H groups in total. The summed E-state index contributed by atoms with van der Waals surface area (Å²) in [5, 5.41) is 0. The smallest absolute Gasteiger partial charge is 0.120 e. The molecule has 402 valence electrons. The molecule has 0 aliphatic rings. The summed E-state index contributed by atoms with van der Waals surface area (Å²) in [6.45, 7) is 13.4. The van der Waals surface area contributed by atoms with Gasteiger partial charge in [-0.3, -0.25) is 0 Å². The fourth-order valence-electron chi connectivity index (χ4n) is 9.79. The van der Waals surface area contributed by atoms with E-state index in [1.165, 1.54) is 116 Å². The van der Waals surface area contributed by atoms with E-state index < -0.39 is 0 Å². The van der Waals surface area contributed by atoms with E-state index in [2.05, 4.69) is 149 Å². The molecule has 0 saturated heterocycles. The van der Waals surface area contributed by atoms with Gasteiger partial charge in [0.1, 0.15) is 66.2 Å². The minimum Gasteiger partial charge on any atom is -0.241 e. The SMILES string of the molecule is CCCCCCC#Cc1ccc(C#CCCCCCC)c2nc3c(nc12)c1nc2c(C#CCCCCCC)ccc(C#CCCCCCC)c2nc1c1nc2c(C#CCCCCCC)ccc(C#CCCCCCC)c2nc31. The van der Waals surface area contributed by atoms with Crippen molar-refractivity contribution in [1.29, 1.82) is 0 Å². The molecule has 7 rings (SSSR count). The van der Waals surface area contributed by atoms with Crippen molar-refractivity contribution in [3.63, 3.8) is 0 Å². The number of fused-ring (bicyclic) bond motifs is 9. The second-order valence-corrected chi connectivity index (χ2v) is 21.0. The van der Waals surface area contributed by atoms with Gasteiger partial charge in [0.2, 0.25) is 0 Å². The molecule has 0 aliphatic carbocycles. The van der Waals surface area contributed by atoms with E-state index in [-0.39, 0.29) is 0 Å². The lowest BCUT2D eigenvalue weighted by Crippen LogP contribution is -2.02. The van der Waals surface area contributed by atoms with Gasteiger partial charge in [0, 0.05) is 38.5 Å². The Labute approximate surface area is 468 Å². The van der Waals surface area contributed by atoms with Gasteiger partial charge >= 0.3 is 0 Å². The minimum absolute atomic E-state index is 0.584. The zero-order valence-electron chi connectivity index (χ0n) is 48.4. The lowest BCUT2D eigenvalue weighted by molar-refractivity contribution is 0.679. The van der Waals surface area contributed by atoms with Gasteiger partial charge in [-0.05, 0) is 74.9 Å². The van der Waals surface area contributed by atoms with E-state index >= 15 is 0 Å². The van der Waals surface area contributed by atoms with E-state index in [0.717, 1.165) is 110 Å².